The van der Waals surface area contributed by atoms with Gasteiger partial charge in [0.15, 0.2) is 6.61 Å². The van der Waals surface area contributed by atoms with Crippen LogP contribution in [-0.4, -0.2) is 37.2 Å². The van der Waals surface area contributed by atoms with Crippen LogP contribution < -0.4 is 14.4 Å². The molecule has 1 amide bonds. The van der Waals surface area contributed by atoms with Gasteiger partial charge in [-0.3, -0.25) is 4.79 Å². The number of carboxylic acids is 1. The third kappa shape index (κ3) is 6.18. The molecule has 1 N–H and O–H groups in total. The molecule has 2 aromatic rings. The van der Waals surface area contributed by atoms with Crippen LogP contribution in [0.4, 0.5) is 5.69 Å². The summed E-state index contributed by atoms with van der Waals surface area (Å²) >= 11 is 0. The summed E-state index contributed by atoms with van der Waals surface area (Å²) < 4.78 is 10.6. The molecule has 0 saturated heterocycles. The van der Waals surface area contributed by atoms with Crippen molar-refractivity contribution in [1.82, 2.24) is 0 Å². The Kier molecular flexibility index (Phi) is 6.83. The highest BCUT2D eigenvalue weighted by molar-refractivity contribution is 5.92. The molecular weight excluding hydrogens is 322 g/mol. The zero-order valence-electron chi connectivity index (χ0n) is 14.1. The van der Waals surface area contributed by atoms with E-state index >= 15 is 0 Å². The fraction of sp³-hybridized carbons (Fsp3) is 0.263. The minimum atomic E-state index is -1.03. The molecule has 0 unspecified atom stereocenters. The normalized spacial score (nSPS) is 10.1. The first-order chi connectivity index (χ1) is 12.1. The van der Waals surface area contributed by atoms with Gasteiger partial charge in [0.25, 0.3) is 0 Å². The van der Waals surface area contributed by atoms with Crippen LogP contribution in [-0.2, 0) is 9.59 Å². The molecular formula is C19H21NO5. The Labute approximate surface area is 146 Å². The van der Waals surface area contributed by atoms with Crippen LogP contribution in [0.25, 0.3) is 0 Å². The van der Waals surface area contributed by atoms with Crippen LogP contribution >= 0.6 is 0 Å². The number of carboxylic acid groups (broad SMARTS) is 1. The van der Waals surface area contributed by atoms with Gasteiger partial charge < -0.3 is 19.5 Å². The number of benzene rings is 2. The monoisotopic (exact) mass is 343 g/mol. The Bertz CT molecular complexity index is 685. The standard InChI is InChI=1S/C19H21NO5/c1-20(15-9-11-17(12-10-15)25-14-19(22)23)18(21)8-5-13-24-16-6-3-2-4-7-16/h2-4,6-7,9-12H,5,8,13-14H2,1H3,(H,22,23). The largest absolute Gasteiger partial charge is 0.494 e. The van der Waals surface area contributed by atoms with E-state index in [-0.39, 0.29) is 5.91 Å². The van der Waals surface area contributed by atoms with Crippen LogP contribution in [0.1, 0.15) is 12.8 Å². The van der Waals surface area contributed by atoms with E-state index in [1.807, 2.05) is 30.3 Å². The number of rotatable bonds is 9. The average Bonchev–Trinajstić information content (AvgIpc) is 2.64. The second-order valence-corrected chi connectivity index (χ2v) is 5.39. The van der Waals surface area contributed by atoms with E-state index in [1.165, 1.54) is 0 Å². The Morgan fingerprint density at radius 2 is 1.60 bits per heavy atom. The number of carbonyl (C=O) groups excluding carboxylic acids is 1. The number of amides is 1. The van der Waals surface area contributed by atoms with E-state index in [2.05, 4.69) is 0 Å². The van der Waals surface area contributed by atoms with Gasteiger partial charge >= 0.3 is 5.97 Å². The van der Waals surface area contributed by atoms with Crippen molar-refractivity contribution in [3.05, 3.63) is 54.6 Å². The number of ether oxygens (including phenoxy) is 2. The molecule has 0 saturated carbocycles. The third-order valence-electron chi connectivity index (χ3n) is 3.51. The SMILES string of the molecule is CN(C(=O)CCCOc1ccccc1)c1ccc(OCC(=O)O)cc1. The molecule has 0 fully saturated rings. The molecule has 0 spiro atoms. The highest BCUT2D eigenvalue weighted by atomic mass is 16.5. The molecule has 0 atom stereocenters. The second-order valence-electron chi connectivity index (χ2n) is 5.39. The van der Waals surface area contributed by atoms with Crippen LogP contribution in [0.3, 0.4) is 0 Å². The molecule has 132 valence electrons. The lowest BCUT2D eigenvalue weighted by Gasteiger charge is -2.18. The fourth-order valence-electron chi connectivity index (χ4n) is 2.15. The minimum absolute atomic E-state index is 0.0177. The van der Waals surface area contributed by atoms with E-state index < -0.39 is 12.6 Å². The number of aliphatic carboxylic acids is 1. The van der Waals surface area contributed by atoms with Crippen molar-refractivity contribution in [2.24, 2.45) is 0 Å². The first-order valence-electron chi connectivity index (χ1n) is 7.95. The second kappa shape index (κ2) is 9.32. The van der Waals surface area contributed by atoms with Crippen molar-refractivity contribution in [2.45, 2.75) is 12.8 Å². The maximum Gasteiger partial charge on any atom is 0.341 e. The van der Waals surface area contributed by atoms with E-state index in [4.69, 9.17) is 14.6 Å². The molecule has 0 radical (unpaired) electrons. The predicted octanol–water partition coefficient (Wildman–Crippen LogP) is 2.97. The highest BCUT2D eigenvalue weighted by Gasteiger charge is 2.11. The first-order valence-corrected chi connectivity index (χ1v) is 7.95. The van der Waals surface area contributed by atoms with Crippen molar-refractivity contribution < 1.29 is 24.2 Å². The van der Waals surface area contributed by atoms with Crippen LogP contribution in [0.2, 0.25) is 0 Å². The van der Waals surface area contributed by atoms with E-state index in [0.29, 0.717) is 25.2 Å². The molecule has 2 rings (SSSR count). The van der Waals surface area contributed by atoms with E-state index in [9.17, 15) is 9.59 Å². The summed E-state index contributed by atoms with van der Waals surface area (Å²) in [6, 6.07) is 16.2. The Morgan fingerprint density at radius 3 is 2.24 bits per heavy atom. The molecule has 0 aromatic heterocycles. The number of hydrogen-bond acceptors (Lipinski definition) is 4. The molecule has 0 aliphatic heterocycles. The summed E-state index contributed by atoms with van der Waals surface area (Å²) in [4.78, 5) is 24.2. The van der Waals surface area contributed by atoms with E-state index in [1.54, 1.807) is 36.2 Å². The van der Waals surface area contributed by atoms with Crippen molar-refractivity contribution in [1.29, 1.82) is 0 Å². The smallest absolute Gasteiger partial charge is 0.341 e. The van der Waals surface area contributed by atoms with Crippen molar-refractivity contribution in [3.8, 4) is 11.5 Å². The Morgan fingerprint density at radius 1 is 0.960 bits per heavy atom. The third-order valence-corrected chi connectivity index (χ3v) is 3.51. The van der Waals surface area contributed by atoms with Crippen LogP contribution in [0.5, 0.6) is 11.5 Å². The van der Waals surface area contributed by atoms with Gasteiger partial charge in [0.2, 0.25) is 5.91 Å². The number of hydrogen-bond donors (Lipinski definition) is 1. The summed E-state index contributed by atoms with van der Waals surface area (Å²) in [5, 5.41) is 8.58. The molecule has 6 heteroatoms. The lowest BCUT2D eigenvalue weighted by molar-refractivity contribution is -0.139. The lowest BCUT2D eigenvalue weighted by atomic mass is 10.2. The minimum Gasteiger partial charge on any atom is -0.494 e. The maximum atomic E-state index is 12.2. The molecule has 0 aliphatic rings. The van der Waals surface area contributed by atoms with Crippen LogP contribution in [0.15, 0.2) is 54.6 Å². The zero-order chi connectivity index (χ0) is 18.1. The molecule has 0 heterocycles. The quantitative estimate of drug-likeness (QED) is 0.709. The molecule has 25 heavy (non-hydrogen) atoms. The first kappa shape index (κ1) is 18.3. The summed E-state index contributed by atoms with van der Waals surface area (Å²) in [5.74, 6) is 0.188. The van der Waals surface area contributed by atoms with Gasteiger partial charge in [0.05, 0.1) is 6.61 Å². The molecule has 6 nitrogen and oxygen atoms in total. The maximum absolute atomic E-state index is 12.2. The fourth-order valence-corrected chi connectivity index (χ4v) is 2.15. The summed E-state index contributed by atoms with van der Waals surface area (Å²) in [7, 11) is 1.70. The molecule has 0 aliphatic carbocycles. The predicted molar refractivity (Wildman–Crippen MR) is 94.2 cm³/mol. The molecule has 0 bridgehead atoms. The summed E-state index contributed by atoms with van der Waals surface area (Å²) in [5.41, 5.74) is 0.719. The van der Waals surface area contributed by atoms with Crippen molar-refractivity contribution >= 4 is 17.6 Å². The van der Waals surface area contributed by atoms with Gasteiger partial charge in [-0.25, -0.2) is 4.79 Å². The lowest BCUT2D eigenvalue weighted by Crippen LogP contribution is -2.26. The van der Waals surface area contributed by atoms with Gasteiger partial charge in [-0.05, 0) is 42.8 Å². The number of carbonyl (C=O) groups is 2. The summed E-state index contributed by atoms with van der Waals surface area (Å²) in [6.07, 6.45) is 0.998. The van der Waals surface area contributed by atoms with Gasteiger partial charge in [0, 0.05) is 19.2 Å². The Balaban J connectivity index is 1.76. The number of anilines is 1. The Hall–Kier alpha value is -3.02. The van der Waals surface area contributed by atoms with Gasteiger partial charge in [-0.15, -0.1) is 0 Å². The van der Waals surface area contributed by atoms with Gasteiger partial charge in [0.1, 0.15) is 11.5 Å². The van der Waals surface area contributed by atoms with Crippen molar-refractivity contribution in [2.75, 3.05) is 25.2 Å². The zero-order valence-corrected chi connectivity index (χ0v) is 14.1. The van der Waals surface area contributed by atoms with Gasteiger partial charge in [-0.1, -0.05) is 18.2 Å². The number of para-hydroxylation sites is 1. The average molecular weight is 343 g/mol. The number of nitrogens with zero attached hydrogens (tertiary/aromatic N) is 1. The van der Waals surface area contributed by atoms with Crippen molar-refractivity contribution in [3.63, 3.8) is 0 Å². The van der Waals surface area contributed by atoms with Gasteiger partial charge in [-0.2, -0.15) is 0 Å². The highest BCUT2D eigenvalue weighted by Crippen LogP contribution is 2.19. The van der Waals surface area contributed by atoms with Crippen LogP contribution in [0, 0.1) is 0 Å². The summed E-state index contributed by atoms with van der Waals surface area (Å²) in [6.45, 7) is 0.0844. The topological polar surface area (TPSA) is 76.1 Å². The molecule has 2 aromatic carbocycles. The van der Waals surface area contributed by atoms with E-state index in [0.717, 1.165) is 11.4 Å².